The molecule has 3 aromatic rings. The van der Waals surface area contributed by atoms with Crippen molar-refractivity contribution in [2.45, 2.75) is 13.5 Å². The van der Waals surface area contributed by atoms with E-state index in [4.69, 9.17) is 4.74 Å². The standard InChI is InChI=1S/C23H26N4O3/c1-17-21(14-24-27(17)20-8-6-5-7-9-20)23(29)30-16-22(28)26(4)15-18-10-12-19(13-11-18)25(2)3/h5-14H,15-16H2,1-4H3. The van der Waals surface area contributed by atoms with Crippen LogP contribution in [0, 0.1) is 6.92 Å². The van der Waals surface area contributed by atoms with Crippen LogP contribution in [0.4, 0.5) is 5.69 Å². The maximum atomic E-state index is 12.4. The first kappa shape index (κ1) is 21.1. The second kappa shape index (κ2) is 9.26. The second-order valence-electron chi connectivity index (χ2n) is 7.28. The number of hydrogen-bond acceptors (Lipinski definition) is 5. The third-order valence-corrected chi connectivity index (χ3v) is 4.86. The summed E-state index contributed by atoms with van der Waals surface area (Å²) in [5, 5.41) is 4.26. The molecule has 7 nitrogen and oxygen atoms in total. The molecule has 156 valence electrons. The Morgan fingerprint density at radius 3 is 2.30 bits per heavy atom. The van der Waals surface area contributed by atoms with Gasteiger partial charge in [-0.2, -0.15) is 5.10 Å². The largest absolute Gasteiger partial charge is 0.452 e. The number of rotatable bonds is 7. The van der Waals surface area contributed by atoms with Gasteiger partial charge in [0.25, 0.3) is 5.91 Å². The van der Waals surface area contributed by atoms with Crippen LogP contribution < -0.4 is 4.90 Å². The average Bonchev–Trinajstić information content (AvgIpc) is 3.14. The molecule has 0 saturated heterocycles. The van der Waals surface area contributed by atoms with E-state index in [1.54, 1.807) is 18.7 Å². The minimum absolute atomic E-state index is 0.270. The highest BCUT2D eigenvalue weighted by atomic mass is 16.5. The van der Waals surface area contributed by atoms with E-state index in [1.165, 1.54) is 11.1 Å². The molecule has 0 aliphatic heterocycles. The lowest BCUT2D eigenvalue weighted by Crippen LogP contribution is -2.30. The van der Waals surface area contributed by atoms with Crippen LogP contribution in [-0.2, 0) is 16.1 Å². The summed E-state index contributed by atoms with van der Waals surface area (Å²) in [4.78, 5) is 28.4. The number of hydrogen-bond donors (Lipinski definition) is 0. The van der Waals surface area contributed by atoms with Crippen molar-refractivity contribution in [2.24, 2.45) is 0 Å². The number of carbonyl (C=O) groups is 2. The number of aromatic nitrogens is 2. The quantitative estimate of drug-likeness (QED) is 0.564. The summed E-state index contributed by atoms with van der Waals surface area (Å²) >= 11 is 0. The number of para-hydroxylation sites is 1. The lowest BCUT2D eigenvalue weighted by molar-refractivity contribution is -0.133. The monoisotopic (exact) mass is 406 g/mol. The zero-order valence-corrected chi connectivity index (χ0v) is 17.7. The Bertz CT molecular complexity index is 1010. The third-order valence-electron chi connectivity index (χ3n) is 4.86. The van der Waals surface area contributed by atoms with Gasteiger partial charge in [-0.3, -0.25) is 4.79 Å². The van der Waals surface area contributed by atoms with Crippen LogP contribution in [0.3, 0.4) is 0 Å². The van der Waals surface area contributed by atoms with Crippen molar-refractivity contribution in [3.8, 4) is 5.69 Å². The van der Waals surface area contributed by atoms with Gasteiger partial charge in [0.05, 0.1) is 17.6 Å². The Morgan fingerprint density at radius 2 is 1.67 bits per heavy atom. The number of likely N-dealkylation sites (N-methyl/N-ethyl adjacent to an activating group) is 1. The van der Waals surface area contributed by atoms with Gasteiger partial charge < -0.3 is 14.5 Å². The van der Waals surface area contributed by atoms with Gasteiger partial charge in [-0.05, 0) is 36.8 Å². The molecule has 30 heavy (non-hydrogen) atoms. The molecule has 7 heteroatoms. The molecule has 0 saturated carbocycles. The summed E-state index contributed by atoms with van der Waals surface area (Å²) in [5.41, 5.74) is 3.95. The molecule has 0 spiro atoms. The van der Waals surface area contributed by atoms with E-state index in [2.05, 4.69) is 5.10 Å². The summed E-state index contributed by atoms with van der Waals surface area (Å²) in [6.07, 6.45) is 1.46. The topological polar surface area (TPSA) is 67.7 Å². The van der Waals surface area contributed by atoms with Crippen LogP contribution in [0.5, 0.6) is 0 Å². The number of benzene rings is 2. The van der Waals surface area contributed by atoms with Crippen molar-refractivity contribution in [3.05, 3.63) is 77.6 Å². The van der Waals surface area contributed by atoms with Crippen LogP contribution in [-0.4, -0.2) is 54.3 Å². The Labute approximate surface area is 176 Å². The summed E-state index contributed by atoms with van der Waals surface area (Å²) in [6.45, 7) is 1.91. The highest BCUT2D eigenvalue weighted by molar-refractivity contribution is 5.92. The van der Waals surface area contributed by atoms with E-state index in [0.29, 0.717) is 17.8 Å². The van der Waals surface area contributed by atoms with Crippen molar-refractivity contribution >= 4 is 17.6 Å². The van der Waals surface area contributed by atoms with E-state index in [1.807, 2.05) is 73.6 Å². The Hall–Kier alpha value is -3.61. The van der Waals surface area contributed by atoms with E-state index in [-0.39, 0.29) is 12.5 Å². The first-order valence-electron chi connectivity index (χ1n) is 9.64. The molecule has 1 aromatic heterocycles. The van der Waals surface area contributed by atoms with E-state index in [0.717, 1.165) is 16.9 Å². The molecule has 1 heterocycles. The fraction of sp³-hybridized carbons (Fsp3) is 0.261. The molecule has 0 atom stereocenters. The Morgan fingerprint density at radius 1 is 1.00 bits per heavy atom. The van der Waals surface area contributed by atoms with Gasteiger partial charge in [-0.25, -0.2) is 9.48 Å². The number of amides is 1. The second-order valence-corrected chi connectivity index (χ2v) is 7.28. The molecule has 0 unspecified atom stereocenters. The van der Waals surface area contributed by atoms with Gasteiger partial charge >= 0.3 is 5.97 Å². The number of ether oxygens (including phenoxy) is 1. The van der Waals surface area contributed by atoms with Gasteiger partial charge in [0.15, 0.2) is 6.61 Å². The molecule has 1 amide bonds. The van der Waals surface area contributed by atoms with Gasteiger partial charge in [-0.1, -0.05) is 30.3 Å². The first-order valence-corrected chi connectivity index (χ1v) is 9.64. The fourth-order valence-electron chi connectivity index (χ4n) is 3.02. The molecule has 0 bridgehead atoms. The third kappa shape index (κ3) is 4.86. The van der Waals surface area contributed by atoms with Crippen LogP contribution in [0.2, 0.25) is 0 Å². The van der Waals surface area contributed by atoms with E-state index >= 15 is 0 Å². The van der Waals surface area contributed by atoms with Crippen molar-refractivity contribution in [3.63, 3.8) is 0 Å². The molecule has 0 aliphatic rings. The summed E-state index contributed by atoms with van der Waals surface area (Å²) in [5.74, 6) is -0.833. The smallest absolute Gasteiger partial charge is 0.342 e. The molecule has 3 rings (SSSR count). The fourth-order valence-corrected chi connectivity index (χ4v) is 3.02. The lowest BCUT2D eigenvalue weighted by atomic mass is 10.2. The van der Waals surface area contributed by atoms with Crippen molar-refractivity contribution in [1.82, 2.24) is 14.7 Å². The predicted molar refractivity (Wildman–Crippen MR) is 116 cm³/mol. The van der Waals surface area contributed by atoms with Gasteiger partial charge in [0.2, 0.25) is 0 Å². The number of esters is 1. The van der Waals surface area contributed by atoms with Crippen LogP contribution in [0.15, 0.2) is 60.8 Å². The number of nitrogens with zero attached hydrogens (tertiary/aromatic N) is 4. The zero-order chi connectivity index (χ0) is 21.7. The summed E-state index contributed by atoms with van der Waals surface area (Å²) < 4.78 is 6.91. The molecule has 0 radical (unpaired) electrons. The van der Waals surface area contributed by atoms with Crippen LogP contribution in [0.1, 0.15) is 21.6 Å². The average molecular weight is 406 g/mol. The SMILES string of the molecule is Cc1c(C(=O)OCC(=O)N(C)Cc2ccc(N(C)C)cc2)cnn1-c1ccccc1. The zero-order valence-electron chi connectivity index (χ0n) is 17.7. The van der Waals surface area contributed by atoms with Crippen LogP contribution >= 0.6 is 0 Å². The first-order chi connectivity index (χ1) is 14.4. The Balaban J connectivity index is 1.56. The highest BCUT2D eigenvalue weighted by Crippen LogP contribution is 2.16. The summed E-state index contributed by atoms with van der Waals surface area (Å²) in [6, 6.07) is 17.5. The van der Waals surface area contributed by atoms with E-state index < -0.39 is 5.97 Å². The molecular formula is C23H26N4O3. The lowest BCUT2D eigenvalue weighted by Gasteiger charge is -2.18. The molecule has 0 fully saturated rings. The minimum Gasteiger partial charge on any atom is -0.452 e. The minimum atomic E-state index is -0.563. The molecule has 0 aliphatic carbocycles. The number of anilines is 1. The maximum Gasteiger partial charge on any atom is 0.342 e. The van der Waals surface area contributed by atoms with Gasteiger partial charge in [0.1, 0.15) is 5.56 Å². The van der Waals surface area contributed by atoms with Gasteiger partial charge in [0, 0.05) is 33.4 Å². The number of carbonyl (C=O) groups excluding carboxylic acids is 2. The van der Waals surface area contributed by atoms with Crippen molar-refractivity contribution < 1.29 is 14.3 Å². The summed E-state index contributed by atoms with van der Waals surface area (Å²) in [7, 11) is 5.64. The normalized spacial score (nSPS) is 10.5. The predicted octanol–water partition coefficient (Wildman–Crippen LogP) is 3.06. The Kier molecular flexibility index (Phi) is 6.51. The van der Waals surface area contributed by atoms with Crippen molar-refractivity contribution in [1.29, 1.82) is 0 Å². The molecule has 0 N–H and O–H groups in total. The van der Waals surface area contributed by atoms with E-state index in [9.17, 15) is 9.59 Å². The molecular weight excluding hydrogens is 380 g/mol. The molecule has 2 aromatic carbocycles. The van der Waals surface area contributed by atoms with Crippen molar-refractivity contribution in [2.75, 3.05) is 32.6 Å². The highest BCUT2D eigenvalue weighted by Gasteiger charge is 2.19. The van der Waals surface area contributed by atoms with Crippen LogP contribution in [0.25, 0.3) is 5.69 Å². The maximum absolute atomic E-state index is 12.4. The van der Waals surface area contributed by atoms with Gasteiger partial charge in [-0.15, -0.1) is 0 Å².